The average molecular weight is 263 g/mol. The Bertz CT molecular complexity index is 412. The highest BCUT2D eigenvalue weighted by Crippen LogP contribution is 2.26. The van der Waals surface area contributed by atoms with Crippen molar-refractivity contribution in [3.05, 3.63) is 18.2 Å². The molecule has 1 saturated heterocycles. The molecule has 1 aromatic rings. The summed E-state index contributed by atoms with van der Waals surface area (Å²) in [4.78, 5) is 4.92. The smallest absolute Gasteiger partial charge is 0.122 e. The molecule has 0 amide bonds. The van der Waals surface area contributed by atoms with Crippen LogP contribution < -0.4 is 15.4 Å². The highest BCUT2D eigenvalue weighted by Gasteiger charge is 2.18. The largest absolute Gasteiger partial charge is 0.497 e. The van der Waals surface area contributed by atoms with Gasteiger partial charge in [-0.3, -0.25) is 4.90 Å². The molecule has 0 radical (unpaired) electrons. The molecular formula is C15H25N3O. The molecule has 4 heteroatoms. The van der Waals surface area contributed by atoms with Crippen molar-refractivity contribution in [3.8, 4) is 5.75 Å². The minimum Gasteiger partial charge on any atom is -0.497 e. The van der Waals surface area contributed by atoms with E-state index in [1.807, 2.05) is 12.1 Å². The summed E-state index contributed by atoms with van der Waals surface area (Å²) in [6, 6.07) is 5.95. The molecule has 1 aliphatic heterocycles. The van der Waals surface area contributed by atoms with Gasteiger partial charge in [0.15, 0.2) is 0 Å². The van der Waals surface area contributed by atoms with E-state index in [4.69, 9.17) is 10.5 Å². The summed E-state index contributed by atoms with van der Waals surface area (Å²) < 4.78 is 5.28. The molecule has 1 aliphatic rings. The number of nitrogens with zero attached hydrogens (tertiary/aromatic N) is 2. The Balaban J connectivity index is 1.99. The van der Waals surface area contributed by atoms with Gasteiger partial charge in [-0.25, -0.2) is 0 Å². The Labute approximate surface area is 116 Å². The lowest BCUT2D eigenvalue weighted by Crippen LogP contribution is -2.47. The standard InChI is InChI=1S/C15H25N3O/c1-12(2)11-17-4-6-18(7-5-17)14-8-13(16)9-15(10-14)19-3/h8-10,12H,4-7,11,16H2,1-3H3. The van der Waals surface area contributed by atoms with Gasteiger partial charge in [0.25, 0.3) is 0 Å². The third-order valence-corrected chi connectivity index (χ3v) is 3.51. The number of ether oxygens (including phenoxy) is 1. The van der Waals surface area contributed by atoms with Crippen molar-refractivity contribution >= 4 is 11.4 Å². The van der Waals surface area contributed by atoms with Crippen LogP contribution in [-0.2, 0) is 0 Å². The van der Waals surface area contributed by atoms with Crippen molar-refractivity contribution in [2.45, 2.75) is 13.8 Å². The molecule has 4 nitrogen and oxygen atoms in total. The first kappa shape index (κ1) is 14.0. The molecule has 0 unspecified atom stereocenters. The van der Waals surface area contributed by atoms with Crippen LogP contribution in [0.2, 0.25) is 0 Å². The zero-order chi connectivity index (χ0) is 13.8. The van der Waals surface area contributed by atoms with Crippen LogP contribution in [0, 0.1) is 5.92 Å². The van der Waals surface area contributed by atoms with Gasteiger partial charge in [-0.15, -0.1) is 0 Å². The van der Waals surface area contributed by atoms with Crippen LogP contribution in [0.3, 0.4) is 0 Å². The first-order chi connectivity index (χ1) is 9.08. The first-order valence-electron chi connectivity index (χ1n) is 7.00. The minimum atomic E-state index is 0.735. The Morgan fingerprint density at radius 2 is 1.84 bits per heavy atom. The molecule has 2 rings (SSSR count). The molecular weight excluding hydrogens is 238 g/mol. The van der Waals surface area contributed by atoms with Crippen LogP contribution in [-0.4, -0.2) is 44.7 Å². The summed E-state index contributed by atoms with van der Waals surface area (Å²) >= 11 is 0. The Kier molecular flexibility index (Phi) is 4.53. The van der Waals surface area contributed by atoms with Crippen LogP contribution in [0.4, 0.5) is 11.4 Å². The molecule has 0 atom stereocenters. The maximum absolute atomic E-state index is 5.92. The zero-order valence-corrected chi connectivity index (χ0v) is 12.2. The van der Waals surface area contributed by atoms with Gasteiger partial charge in [0, 0.05) is 56.2 Å². The summed E-state index contributed by atoms with van der Waals surface area (Å²) in [5, 5.41) is 0. The minimum absolute atomic E-state index is 0.735. The number of nitrogen functional groups attached to an aromatic ring is 1. The lowest BCUT2D eigenvalue weighted by Gasteiger charge is -2.37. The summed E-state index contributed by atoms with van der Waals surface area (Å²) in [5.74, 6) is 1.57. The van der Waals surface area contributed by atoms with Crippen LogP contribution >= 0.6 is 0 Å². The van der Waals surface area contributed by atoms with Crippen molar-refractivity contribution in [1.29, 1.82) is 0 Å². The maximum atomic E-state index is 5.92. The van der Waals surface area contributed by atoms with Crippen molar-refractivity contribution in [1.82, 2.24) is 4.90 Å². The van der Waals surface area contributed by atoms with Gasteiger partial charge in [0.1, 0.15) is 5.75 Å². The molecule has 0 saturated carbocycles. The molecule has 0 spiro atoms. The predicted molar refractivity (Wildman–Crippen MR) is 80.9 cm³/mol. The molecule has 1 heterocycles. The quantitative estimate of drug-likeness (QED) is 0.844. The van der Waals surface area contributed by atoms with E-state index in [-0.39, 0.29) is 0 Å². The molecule has 2 N–H and O–H groups in total. The number of nitrogens with two attached hydrogens (primary N) is 1. The number of hydrogen-bond acceptors (Lipinski definition) is 4. The molecule has 1 fully saturated rings. The summed E-state index contributed by atoms with van der Waals surface area (Å²) in [7, 11) is 1.68. The van der Waals surface area contributed by atoms with Crippen LogP contribution in [0.5, 0.6) is 5.75 Å². The second kappa shape index (κ2) is 6.15. The third kappa shape index (κ3) is 3.77. The molecule has 106 valence electrons. The van der Waals surface area contributed by atoms with E-state index in [0.717, 1.165) is 43.5 Å². The Morgan fingerprint density at radius 3 is 2.42 bits per heavy atom. The molecule has 0 aliphatic carbocycles. The SMILES string of the molecule is COc1cc(N)cc(N2CCN(CC(C)C)CC2)c1. The van der Waals surface area contributed by atoms with Gasteiger partial charge in [-0.05, 0) is 12.0 Å². The van der Waals surface area contributed by atoms with E-state index in [9.17, 15) is 0 Å². The van der Waals surface area contributed by atoms with Crippen molar-refractivity contribution < 1.29 is 4.74 Å². The van der Waals surface area contributed by atoms with Gasteiger partial charge in [0.05, 0.1) is 7.11 Å². The maximum Gasteiger partial charge on any atom is 0.122 e. The predicted octanol–water partition coefficient (Wildman–Crippen LogP) is 2.06. The van der Waals surface area contributed by atoms with E-state index >= 15 is 0 Å². The van der Waals surface area contributed by atoms with E-state index in [1.165, 1.54) is 12.2 Å². The second-order valence-corrected chi connectivity index (χ2v) is 5.65. The molecule has 19 heavy (non-hydrogen) atoms. The third-order valence-electron chi connectivity index (χ3n) is 3.51. The fraction of sp³-hybridized carbons (Fsp3) is 0.600. The molecule has 0 bridgehead atoms. The lowest BCUT2D eigenvalue weighted by atomic mass is 10.1. The van der Waals surface area contributed by atoms with Crippen molar-refractivity contribution in [3.63, 3.8) is 0 Å². The fourth-order valence-corrected chi connectivity index (χ4v) is 2.61. The number of hydrogen-bond donors (Lipinski definition) is 1. The van der Waals surface area contributed by atoms with Gasteiger partial charge in [-0.1, -0.05) is 13.8 Å². The van der Waals surface area contributed by atoms with Crippen LogP contribution in [0.25, 0.3) is 0 Å². The summed E-state index contributed by atoms with van der Waals surface area (Å²) in [6.07, 6.45) is 0. The van der Waals surface area contributed by atoms with E-state index in [0.29, 0.717) is 0 Å². The number of benzene rings is 1. The van der Waals surface area contributed by atoms with E-state index in [2.05, 4.69) is 29.7 Å². The highest BCUT2D eigenvalue weighted by atomic mass is 16.5. The second-order valence-electron chi connectivity index (χ2n) is 5.65. The molecule has 0 aromatic heterocycles. The Morgan fingerprint density at radius 1 is 1.16 bits per heavy atom. The van der Waals surface area contributed by atoms with Gasteiger partial charge in [-0.2, -0.15) is 0 Å². The van der Waals surface area contributed by atoms with Gasteiger partial charge in [0.2, 0.25) is 0 Å². The van der Waals surface area contributed by atoms with E-state index in [1.54, 1.807) is 7.11 Å². The summed E-state index contributed by atoms with van der Waals surface area (Å²) in [5.41, 5.74) is 7.85. The van der Waals surface area contributed by atoms with Crippen molar-refractivity contribution in [2.24, 2.45) is 5.92 Å². The Hall–Kier alpha value is -1.42. The van der Waals surface area contributed by atoms with Gasteiger partial charge >= 0.3 is 0 Å². The number of rotatable bonds is 4. The van der Waals surface area contributed by atoms with Crippen LogP contribution in [0.1, 0.15) is 13.8 Å². The topological polar surface area (TPSA) is 41.7 Å². The monoisotopic (exact) mass is 263 g/mol. The fourth-order valence-electron chi connectivity index (χ4n) is 2.61. The van der Waals surface area contributed by atoms with E-state index < -0.39 is 0 Å². The normalized spacial score (nSPS) is 16.9. The van der Waals surface area contributed by atoms with Crippen LogP contribution in [0.15, 0.2) is 18.2 Å². The lowest BCUT2D eigenvalue weighted by molar-refractivity contribution is 0.231. The average Bonchev–Trinajstić information content (AvgIpc) is 2.38. The number of anilines is 2. The highest BCUT2D eigenvalue weighted by molar-refractivity contribution is 5.60. The molecule has 1 aromatic carbocycles. The number of methoxy groups -OCH3 is 1. The van der Waals surface area contributed by atoms with Crippen molar-refractivity contribution in [2.75, 3.05) is 50.5 Å². The number of piperazine rings is 1. The first-order valence-corrected chi connectivity index (χ1v) is 7.00. The zero-order valence-electron chi connectivity index (χ0n) is 12.2. The summed E-state index contributed by atoms with van der Waals surface area (Å²) in [6.45, 7) is 10.1. The van der Waals surface area contributed by atoms with Gasteiger partial charge < -0.3 is 15.4 Å².